The maximum absolute atomic E-state index is 6.01. The highest BCUT2D eigenvalue weighted by Gasteiger charge is 2.39. The van der Waals surface area contributed by atoms with Gasteiger partial charge in [-0.05, 0) is 29.5 Å². The van der Waals surface area contributed by atoms with Crippen molar-refractivity contribution in [3.63, 3.8) is 0 Å². The van der Waals surface area contributed by atoms with Crippen LogP contribution in [0.4, 0.5) is 0 Å². The number of hydrogen-bond acceptors (Lipinski definition) is 1. The molecule has 0 N–H and O–H groups in total. The first-order valence-corrected chi connectivity index (χ1v) is 11.3. The molecule has 0 aliphatic heterocycles. The molecule has 2 heteroatoms. The Morgan fingerprint density at radius 2 is 1.78 bits per heavy atom. The molecule has 0 atom stereocenters. The zero-order valence-corrected chi connectivity index (χ0v) is 16.9. The van der Waals surface area contributed by atoms with Gasteiger partial charge in [0.1, 0.15) is 13.8 Å². The molecule has 1 aliphatic carbocycles. The van der Waals surface area contributed by atoms with E-state index in [1.165, 1.54) is 28.4 Å². The van der Waals surface area contributed by atoms with E-state index in [0.717, 1.165) is 12.2 Å². The van der Waals surface area contributed by atoms with Crippen molar-refractivity contribution in [2.24, 2.45) is 0 Å². The molecule has 0 heterocycles. The molecule has 1 nitrogen and oxygen atoms in total. The second kappa shape index (κ2) is 6.68. The van der Waals surface area contributed by atoms with Crippen molar-refractivity contribution in [3.8, 4) is 5.75 Å². The van der Waals surface area contributed by atoms with Gasteiger partial charge in [-0.25, -0.2) is 0 Å². The van der Waals surface area contributed by atoms with Crippen LogP contribution in [-0.2, 0) is 5.41 Å². The minimum absolute atomic E-state index is 0.0933. The highest BCUT2D eigenvalue weighted by molar-refractivity contribution is 6.98. The van der Waals surface area contributed by atoms with Gasteiger partial charge in [-0.2, -0.15) is 0 Å². The number of ether oxygens (including phenoxy) is 1. The van der Waals surface area contributed by atoms with Gasteiger partial charge in [-0.1, -0.05) is 87.8 Å². The quantitative estimate of drug-likeness (QED) is 0.656. The van der Waals surface area contributed by atoms with E-state index in [9.17, 15) is 0 Å². The molecule has 0 amide bonds. The molecule has 0 fully saturated rings. The third kappa shape index (κ3) is 3.19. The van der Waals surface area contributed by atoms with Gasteiger partial charge >= 0.3 is 0 Å². The van der Waals surface area contributed by atoms with Crippen molar-refractivity contribution in [2.45, 2.75) is 65.5 Å². The van der Waals surface area contributed by atoms with E-state index >= 15 is 0 Å². The minimum Gasteiger partial charge on any atom is -0.497 e. The number of allylic oxidation sites excluding steroid dienone is 4. The predicted octanol–water partition coefficient (Wildman–Crippen LogP) is 5.42. The first-order valence-electron chi connectivity index (χ1n) is 8.86. The summed E-state index contributed by atoms with van der Waals surface area (Å²) in [5, 5.41) is 3.16. The molecule has 0 bridgehead atoms. The van der Waals surface area contributed by atoms with Gasteiger partial charge in [0.15, 0.2) is 0 Å². The van der Waals surface area contributed by atoms with Crippen LogP contribution in [0.3, 0.4) is 0 Å². The summed E-state index contributed by atoms with van der Waals surface area (Å²) >= 11 is 0. The summed E-state index contributed by atoms with van der Waals surface area (Å²) in [6, 6.07) is 7.20. The number of hydrogen-bond donors (Lipinski definition) is 0. The average molecular weight is 329 g/mol. The lowest BCUT2D eigenvalue weighted by Crippen LogP contribution is -2.49. The average Bonchev–Trinajstić information content (AvgIpc) is 3.02. The number of rotatable bonds is 5. The zero-order valence-electron chi connectivity index (χ0n) is 15.9. The Balaban J connectivity index is 2.76. The highest BCUT2D eigenvalue weighted by Crippen LogP contribution is 2.37. The van der Waals surface area contributed by atoms with E-state index in [4.69, 9.17) is 4.74 Å². The Kier molecular flexibility index (Phi) is 5.25. The van der Waals surface area contributed by atoms with E-state index in [0.29, 0.717) is 0 Å². The molecule has 2 rings (SSSR count). The van der Waals surface area contributed by atoms with Crippen molar-refractivity contribution in [2.75, 3.05) is 7.11 Å². The minimum atomic E-state index is -1.72. The van der Waals surface area contributed by atoms with Crippen LogP contribution in [0.15, 0.2) is 35.6 Å². The van der Waals surface area contributed by atoms with Crippen molar-refractivity contribution < 1.29 is 4.74 Å². The Morgan fingerprint density at radius 3 is 2.22 bits per heavy atom. The molecular formula is C21H32OSi. The van der Waals surface area contributed by atoms with E-state index in [1.807, 2.05) is 7.11 Å². The fourth-order valence-corrected chi connectivity index (χ4v) is 8.58. The van der Waals surface area contributed by atoms with Gasteiger partial charge in [0, 0.05) is 0 Å². The monoisotopic (exact) mass is 328 g/mol. The molecule has 0 radical (unpaired) electrons. The summed E-state index contributed by atoms with van der Waals surface area (Å²) in [5.41, 5.74) is 2.80. The summed E-state index contributed by atoms with van der Waals surface area (Å²) in [7, 11) is 0.122. The maximum Gasteiger partial charge on any atom is 0.122 e. The van der Waals surface area contributed by atoms with Crippen LogP contribution in [0.25, 0.3) is 0 Å². The normalized spacial score (nSPS) is 15.0. The van der Waals surface area contributed by atoms with Crippen LogP contribution in [-0.4, -0.2) is 15.2 Å². The molecular weight excluding hydrogens is 296 g/mol. The first-order chi connectivity index (χ1) is 10.8. The molecule has 126 valence electrons. The van der Waals surface area contributed by atoms with Gasteiger partial charge in [-0.3, -0.25) is 0 Å². The second-order valence-corrected chi connectivity index (χ2v) is 12.5. The van der Waals surface area contributed by atoms with Crippen molar-refractivity contribution in [1.29, 1.82) is 0 Å². The fourth-order valence-electron chi connectivity index (χ4n) is 3.97. The Labute approximate surface area is 143 Å². The lowest BCUT2D eigenvalue weighted by Gasteiger charge is -2.36. The van der Waals surface area contributed by atoms with E-state index < -0.39 is 8.07 Å². The lowest BCUT2D eigenvalue weighted by atomic mass is 9.85. The first kappa shape index (κ1) is 18.1. The standard InChI is InChI=1S/C21H32OSi/c1-8-23(9-2,17-12-10-11-13-17)19-15-16(3)14-18(20(19)22-7)21(4,5)6/h10-12,14-15H,8-9,13H2,1-7H3. The molecule has 23 heavy (non-hydrogen) atoms. The second-order valence-electron chi connectivity index (χ2n) is 7.76. The largest absolute Gasteiger partial charge is 0.497 e. The molecule has 0 unspecified atom stereocenters. The zero-order chi connectivity index (χ0) is 17.3. The van der Waals surface area contributed by atoms with Crippen molar-refractivity contribution in [1.82, 2.24) is 0 Å². The SMILES string of the molecule is CC[Si](CC)(C1=CC=CC1)c1cc(C)cc(C(C)(C)C)c1OC. The van der Waals surface area contributed by atoms with E-state index in [2.05, 4.69) is 71.9 Å². The smallest absolute Gasteiger partial charge is 0.122 e. The molecule has 1 aromatic rings. The molecule has 0 spiro atoms. The number of methoxy groups -OCH3 is 1. The van der Waals surface area contributed by atoms with Crippen LogP contribution in [0.2, 0.25) is 12.1 Å². The highest BCUT2D eigenvalue weighted by atomic mass is 28.3. The van der Waals surface area contributed by atoms with Crippen molar-refractivity contribution >= 4 is 13.3 Å². The Hall–Kier alpha value is -1.28. The van der Waals surface area contributed by atoms with E-state index in [1.54, 1.807) is 5.20 Å². The number of benzene rings is 1. The molecule has 0 saturated heterocycles. The summed E-state index contributed by atoms with van der Waals surface area (Å²) < 4.78 is 6.01. The molecule has 0 saturated carbocycles. The summed E-state index contributed by atoms with van der Waals surface area (Å²) in [6.07, 6.45) is 8.03. The third-order valence-corrected chi connectivity index (χ3v) is 10.8. The Bertz CT molecular complexity index is 628. The Morgan fingerprint density at radius 1 is 1.13 bits per heavy atom. The fraction of sp³-hybridized carbons (Fsp3) is 0.524. The summed E-state index contributed by atoms with van der Waals surface area (Å²) in [5.74, 6) is 1.14. The van der Waals surface area contributed by atoms with Crippen LogP contribution in [0.1, 0.15) is 52.2 Å². The van der Waals surface area contributed by atoms with Crippen molar-refractivity contribution in [3.05, 3.63) is 46.7 Å². The van der Waals surface area contributed by atoms with Crippen LogP contribution < -0.4 is 9.92 Å². The summed E-state index contributed by atoms with van der Waals surface area (Å²) in [6.45, 7) is 13.8. The molecule has 1 aromatic carbocycles. The van der Waals surface area contributed by atoms with Crippen LogP contribution in [0, 0.1) is 6.92 Å². The summed E-state index contributed by atoms with van der Waals surface area (Å²) in [4.78, 5) is 0. The third-order valence-electron chi connectivity index (χ3n) is 5.35. The number of aryl methyl sites for hydroxylation is 1. The van der Waals surface area contributed by atoms with Crippen LogP contribution in [0.5, 0.6) is 5.75 Å². The van der Waals surface area contributed by atoms with Crippen LogP contribution >= 0.6 is 0 Å². The maximum atomic E-state index is 6.01. The molecule has 1 aliphatic rings. The van der Waals surface area contributed by atoms with E-state index in [-0.39, 0.29) is 5.41 Å². The topological polar surface area (TPSA) is 9.23 Å². The predicted molar refractivity (Wildman–Crippen MR) is 105 cm³/mol. The van der Waals surface area contributed by atoms with Gasteiger partial charge in [-0.15, -0.1) is 0 Å². The lowest BCUT2D eigenvalue weighted by molar-refractivity contribution is 0.400. The van der Waals surface area contributed by atoms with Gasteiger partial charge in [0.2, 0.25) is 0 Å². The van der Waals surface area contributed by atoms with Gasteiger partial charge < -0.3 is 4.74 Å². The van der Waals surface area contributed by atoms with Gasteiger partial charge in [0.25, 0.3) is 0 Å². The molecule has 0 aromatic heterocycles. The van der Waals surface area contributed by atoms with Gasteiger partial charge in [0.05, 0.1) is 7.11 Å².